The molecular weight excluding hydrogens is 186 g/mol. The summed E-state index contributed by atoms with van der Waals surface area (Å²) in [5.41, 5.74) is 0. The first kappa shape index (κ1) is 11.0. The maximum atomic E-state index is 12.2. The van der Waals surface area contributed by atoms with E-state index in [0.717, 1.165) is 24.8 Å². The van der Waals surface area contributed by atoms with Crippen molar-refractivity contribution in [2.75, 3.05) is 13.6 Å². The highest BCUT2D eigenvalue weighted by Gasteiger charge is 2.43. The highest BCUT2D eigenvalue weighted by atomic mass is 16.2. The smallest absolute Gasteiger partial charge is 0.225 e. The molecule has 0 radical (unpaired) electrons. The van der Waals surface area contributed by atoms with Gasteiger partial charge in [0.25, 0.3) is 0 Å². The Morgan fingerprint density at radius 2 is 2.13 bits per heavy atom. The van der Waals surface area contributed by atoms with Gasteiger partial charge in [-0.1, -0.05) is 19.8 Å². The van der Waals surface area contributed by atoms with Crippen LogP contribution in [0.15, 0.2) is 0 Å². The molecule has 2 rings (SSSR count). The van der Waals surface area contributed by atoms with Crippen LogP contribution in [-0.4, -0.2) is 24.4 Å². The minimum absolute atomic E-state index is 0.380. The standard InChI is InChI=1S/C13H23NO/c1-3-4-7-14(2)13(15)12-9-10-5-6-11(12)8-10/h10-12H,3-9H2,1-2H3. The van der Waals surface area contributed by atoms with Crippen LogP contribution in [0.1, 0.15) is 45.4 Å². The van der Waals surface area contributed by atoms with Crippen molar-refractivity contribution in [3.05, 3.63) is 0 Å². The van der Waals surface area contributed by atoms with Crippen LogP contribution in [0.3, 0.4) is 0 Å². The van der Waals surface area contributed by atoms with Crippen molar-refractivity contribution in [3.63, 3.8) is 0 Å². The first-order valence-corrected chi connectivity index (χ1v) is 6.47. The third-order valence-electron chi connectivity index (χ3n) is 4.28. The quantitative estimate of drug-likeness (QED) is 0.697. The van der Waals surface area contributed by atoms with Crippen molar-refractivity contribution in [1.29, 1.82) is 0 Å². The lowest BCUT2D eigenvalue weighted by Crippen LogP contribution is -2.36. The highest BCUT2D eigenvalue weighted by molar-refractivity contribution is 5.79. The zero-order chi connectivity index (χ0) is 10.8. The highest BCUT2D eigenvalue weighted by Crippen LogP contribution is 2.48. The molecule has 0 heterocycles. The minimum atomic E-state index is 0.380. The van der Waals surface area contributed by atoms with Crippen LogP contribution in [-0.2, 0) is 4.79 Å². The molecule has 86 valence electrons. The van der Waals surface area contributed by atoms with Crippen molar-refractivity contribution < 1.29 is 4.79 Å². The predicted molar refractivity (Wildman–Crippen MR) is 61.5 cm³/mol. The average molecular weight is 209 g/mol. The fourth-order valence-corrected chi connectivity index (χ4v) is 3.34. The minimum Gasteiger partial charge on any atom is -0.346 e. The molecule has 0 N–H and O–H groups in total. The van der Waals surface area contributed by atoms with Gasteiger partial charge in [0.05, 0.1) is 0 Å². The molecule has 15 heavy (non-hydrogen) atoms. The third-order valence-corrected chi connectivity index (χ3v) is 4.28. The van der Waals surface area contributed by atoms with Crippen LogP contribution >= 0.6 is 0 Å². The predicted octanol–water partition coefficient (Wildman–Crippen LogP) is 2.68. The molecule has 0 aromatic carbocycles. The molecule has 2 fully saturated rings. The second-order valence-electron chi connectivity index (χ2n) is 5.39. The summed E-state index contributed by atoms with van der Waals surface area (Å²) in [5.74, 6) is 2.41. The number of hydrogen-bond donors (Lipinski definition) is 0. The molecule has 2 heteroatoms. The summed E-state index contributed by atoms with van der Waals surface area (Å²) >= 11 is 0. The van der Waals surface area contributed by atoms with Gasteiger partial charge in [-0.25, -0.2) is 0 Å². The summed E-state index contributed by atoms with van der Waals surface area (Å²) in [6.07, 6.45) is 7.52. The van der Waals surface area contributed by atoms with E-state index < -0.39 is 0 Å². The van der Waals surface area contributed by atoms with Crippen LogP contribution in [0.5, 0.6) is 0 Å². The monoisotopic (exact) mass is 209 g/mol. The van der Waals surface area contributed by atoms with Gasteiger partial charge >= 0.3 is 0 Å². The molecule has 2 aliphatic carbocycles. The maximum absolute atomic E-state index is 12.2. The van der Waals surface area contributed by atoms with Crippen molar-refractivity contribution in [1.82, 2.24) is 4.90 Å². The van der Waals surface area contributed by atoms with Gasteiger partial charge in [-0.3, -0.25) is 4.79 Å². The Hall–Kier alpha value is -0.530. The summed E-state index contributed by atoms with van der Waals surface area (Å²) in [6.45, 7) is 3.12. The van der Waals surface area contributed by atoms with Crippen LogP contribution in [0, 0.1) is 17.8 Å². The van der Waals surface area contributed by atoms with Gasteiger partial charge in [-0.05, 0) is 37.5 Å². The van der Waals surface area contributed by atoms with Gasteiger partial charge in [0.2, 0.25) is 5.91 Å². The first-order valence-electron chi connectivity index (χ1n) is 6.47. The van der Waals surface area contributed by atoms with E-state index in [9.17, 15) is 4.79 Å². The molecular formula is C13H23NO. The Kier molecular flexibility index (Phi) is 3.32. The lowest BCUT2D eigenvalue weighted by Gasteiger charge is -2.26. The molecule has 2 saturated carbocycles. The summed E-state index contributed by atoms with van der Waals surface area (Å²) in [6, 6.07) is 0. The summed E-state index contributed by atoms with van der Waals surface area (Å²) in [5, 5.41) is 0. The van der Waals surface area contributed by atoms with E-state index in [-0.39, 0.29) is 0 Å². The number of carbonyl (C=O) groups is 1. The van der Waals surface area contributed by atoms with E-state index in [1.165, 1.54) is 32.1 Å². The van der Waals surface area contributed by atoms with Gasteiger partial charge in [0, 0.05) is 19.5 Å². The summed E-state index contributed by atoms with van der Waals surface area (Å²) in [7, 11) is 1.98. The van der Waals surface area contributed by atoms with E-state index in [2.05, 4.69) is 6.92 Å². The van der Waals surface area contributed by atoms with Crippen molar-refractivity contribution >= 4 is 5.91 Å². The Balaban J connectivity index is 1.85. The number of amides is 1. The molecule has 0 aromatic rings. The number of unbranched alkanes of at least 4 members (excludes halogenated alkanes) is 1. The molecule has 2 aliphatic rings. The van der Waals surface area contributed by atoms with Gasteiger partial charge in [0.1, 0.15) is 0 Å². The van der Waals surface area contributed by atoms with E-state index in [1.807, 2.05) is 11.9 Å². The van der Waals surface area contributed by atoms with Crippen LogP contribution in [0.4, 0.5) is 0 Å². The fraction of sp³-hybridized carbons (Fsp3) is 0.923. The van der Waals surface area contributed by atoms with Crippen LogP contribution < -0.4 is 0 Å². The normalized spacial score (nSPS) is 33.3. The number of fused-ring (bicyclic) bond motifs is 2. The fourth-order valence-electron chi connectivity index (χ4n) is 3.34. The second kappa shape index (κ2) is 4.54. The molecule has 0 saturated heterocycles. The molecule has 3 unspecified atom stereocenters. The molecule has 1 amide bonds. The number of rotatable bonds is 4. The molecule has 3 atom stereocenters. The summed E-state index contributed by atoms with van der Waals surface area (Å²) in [4.78, 5) is 14.1. The first-order chi connectivity index (χ1) is 7.22. The molecule has 0 aliphatic heterocycles. The Bertz CT molecular complexity index is 239. The zero-order valence-electron chi connectivity index (χ0n) is 10.0. The van der Waals surface area contributed by atoms with E-state index in [1.54, 1.807) is 0 Å². The molecule has 0 aromatic heterocycles. The Morgan fingerprint density at radius 1 is 1.33 bits per heavy atom. The molecule has 2 bridgehead atoms. The van der Waals surface area contributed by atoms with Crippen molar-refractivity contribution in [2.45, 2.75) is 45.4 Å². The van der Waals surface area contributed by atoms with Gasteiger partial charge < -0.3 is 4.90 Å². The molecule has 0 spiro atoms. The second-order valence-corrected chi connectivity index (χ2v) is 5.39. The largest absolute Gasteiger partial charge is 0.346 e. The van der Waals surface area contributed by atoms with E-state index >= 15 is 0 Å². The summed E-state index contributed by atoms with van der Waals surface area (Å²) < 4.78 is 0. The topological polar surface area (TPSA) is 20.3 Å². The zero-order valence-corrected chi connectivity index (χ0v) is 10.0. The Morgan fingerprint density at radius 3 is 2.67 bits per heavy atom. The van der Waals surface area contributed by atoms with Gasteiger partial charge in [-0.2, -0.15) is 0 Å². The number of carbonyl (C=O) groups excluding carboxylic acids is 1. The third kappa shape index (κ3) is 2.19. The number of nitrogens with zero attached hydrogens (tertiary/aromatic N) is 1. The lowest BCUT2D eigenvalue weighted by molar-refractivity contribution is -0.135. The number of hydrogen-bond acceptors (Lipinski definition) is 1. The average Bonchev–Trinajstić information content (AvgIpc) is 2.86. The van der Waals surface area contributed by atoms with E-state index in [0.29, 0.717) is 11.8 Å². The Labute approximate surface area is 93.0 Å². The van der Waals surface area contributed by atoms with Gasteiger partial charge in [-0.15, -0.1) is 0 Å². The lowest BCUT2D eigenvalue weighted by atomic mass is 9.88. The van der Waals surface area contributed by atoms with Crippen LogP contribution in [0.2, 0.25) is 0 Å². The SMILES string of the molecule is CCCCN(C)C(=O)C1CC2CCC1C2. The maximum Gasteiger partial charge on any atom is 0.225 e. The van der Waals surface area contributed by atoms with Gasteiger partial charge in [0.15, 0.2) is 0 Å². The van der Waals surface area contributed by atoms with Crippen molar-refractivity contribution in [2.24, 2.45) is 17.8 Å². The van der Waals surface area contributed by atoms with Crippen molar-refractivity contribution in [3.8, 4) is 0 Å². The molecule has 2 nitrogen and oxygen atoms in total. The van der Waals surface area contributed by atoms with E-state index in [4.69, 9.17) is 0 Å². The van der Waals surface area contributed by atoms with Crippen LogP contribution in [0.25, 0.3) is 0 Å².